The summed E-state index contributed by atoms with van der Waals surface area (Å²) in [5.74, 6) is 1.53. The zero-order chi connectivity index (χ0) is 19.3. The number of nitrogens with zero attached hydrogens (tertiary/aromatic N) is 5. The molecule has 0 atom stereocenters. The minimum absolute atomic E-state index is 0.216. The first-order valence-corrected chi connectivity index (χ1v) is 11.4. The molecule has 2 aliphatic heterocycles. The highest BCUT2D eigenvalue weighted by Gasteiger charge is 2.24. The average molecular weight is 400 g/mol. The number of aryl methyl sites for hydroxylation is 1. The summed E-state index contributed by atoms with van der Waals surface area (Å²) in [6.07, 6.45) is 7.09. The van der Waals surface area contributed by atoms with Gasteiger partial charge in [-0.05, 0) is 44.7 Å². The zero-order valence-electron chi connectivity index (χ0n) is 16.6. The number of anilines is 1. The molecule has 28 heavy (non-hydrogen) atoms. The van der Waals surface area contributed by atoms with Crippen LogP contribution in [0.2, 0.25) is 0 Å². The summed E-state index contributed by atoms with van der Waals surface area (Å²) in [4.78, 5) is 17.0. The quantitative estimate of drug-likeness (QED) is 0.718. The van der Waals surface area contributed by atoms with Gasteiger partial charge in [0.1, 0.15) is 0 Å². The van der Waals surface area contributed by atoms with Crippen molar-refractivity contribution in [2.75, 3.05) is 36.8 Å². The molecular formula is C21H29N5OS. The minimum Gasteiger partial charge on any atom is -0.342 e. The number of carbonyl (C=O) groups is 1. The Morgan fingerprint density at radius 1 is 0.929 bits per heavy atom. The summed E-state index contributed by atoms with van der Waals surface area (Å²) in [6, 6.07) is 8.44. The second-order valence-corrected chi connectivity index (χ2v) is 8.67. The molecular weight excluding hydrogens is 370 g/mol. The first kappa shape index (κ1) is 19.3. The molecule has 2 aliphatic rings. The lowest BCUT2D eigenvalue weighted by atomic mass is 10.2. The highest BCUT2D eigenvalue weighted by Crippen LogP contribution is 2.29. The third kappa shape index (κ3) is 4.35. The van der Waals surface area contributed by atoms with Crippen LogP contribution in [-0.4, -0.2) is 57.5 Å². The van der Waals surface area contributed by atoms with Crippen molar-refractivity contribution in [3.63, 3.8) is 0 Å². The number of likely N-dealkylation sites (tertiary alicyclic amines) is 1. The number of hydrogen-bond acceptors (Lipinski definition) is 5. The van der Waals surface area contributed by atoms with Gasteiger partial charge in [-0.25, -0.2) is 0 Å². The van der Waals surface area contributed by atoms with Gasteiger partial charge in [0.2, 0.25) is 11.9 Å². The number of carbonyl (C=O) groups excluding carboxylic acids is 1. The Morgan fingerprint density at radius 3 is 2.25 bits per heavy atom. The highest BCUT2D eigenvalue weighted by atomic mass is 32.2. The lowest BCUT2D eigenvalue weighted by molar-refractivity contribution is -0.128. The minimum atomic E-state index is 0.216. The van der Waals surface area contributed by atoms with E-state index in [1.54, 1.807) is 0 Å². The predicted molar refractivity (Wildman–Crippen MR) is 113 cm³/mol. The molecule has 0 bridgehead atoms. The molecule has 0 unspecified atom stereocenters. The summed E-state index contributed by atoms with van der Waals surface area (Å²) in [5.41, 5.74) is 2.28. The lowest BCUT2D eigenvalue weighted by Crippen LogP contribution is -2.33. The van der Waals surface area contributed by atoms with Crippen molar-refractivity contribution in [1.29, 1.82) is 0 Å². The Morgan fingerprint density at radius 2 is 1.57 bits per heavy atom. The van der Waals surface area contributed by atoms with Crippen LogP contribution in [-0.2, 0) is 4.79 Å². The van der Waals surface area contributed by atoms with Crippen molar-refractivity contribution in [3.05, 3.63) is 29.8 Å². The second kappa shape index (κ2) is 8.99. The topological polar surface area (TPSA) is 54.3 Å². The van der Waals surface area contributed by atoms with E-state index in [4.69, 9.17) is 0 Å². The molecule has 1 aromatic heterocycles. The molecule has 2 aromatic rings. The molecule has 2 fully saturated rings. The summed E-state index contributed by atoms with van der Waals surface area (Å²) in [5, 5.41) is 9.75. The molecule has 0 radical (unpaired) electrons. The fraction of sp³-hybridized carbons (Fsp3) is 0.571. The van der Waals surface area contributed by atoms with Crippen LogP contribution < -0.4 is 4.90 Å². The number of benzene rings is 1. The number of hydrogen-bond donors (Lipinski definition) is 0. The maximum absolute atomic E-state index is 12.7. The molecule has 2 saturated heterocycles. The first-order valence-electron chi connectivity index (χ1n) is 10.4. The average Bonchev–Trinajstić information content (AvgIpc) is 3.30. The first-order chi connectivity index (χ1) is 13.7. The predicted octanol–water partition coefficient (Wildman–Crippen LogP) is 3.67. The van der Waals surface area contributed by atoms with E-state index in [0.29, 0.717) is 5.75 Å². The molecule has 3 heterocycles. The van der Waals surface area contributed by atoms with E-state index in [2.05, 4.69) is 50.9 Å². The van der Waals surface area contributed by atoms with Crippen molar-refractivity contribution < 1.29 is 4.79 Å². The smallest absolute Gasteiger partial charge is 0.233 e. The van der Waals surface area contributed by atoms with Crippen LogP contribution in [0.25, 0.3) is 5.69 Å². The molecule has 1 amide bonds. The second-order valence-electron chi connectivity index (χ2n) is 7.73. The Balaban J connectivity index is 1.54. The Bertz CT molecular complexity index is 790. The maximum atomic E-state index is 12.7. The van der Waals surface area contributed by atoms with E-state index in [9.17, 15) is 4.79 Å². The van der Waals surface area contributed by atoms with Gasteiger partial charge in [0.25, 0.3) is 0 Å². The van der Waals surface area contributed by atoms with Crippen LogP contribution in [0.4, 0.5) is 5.95 Å². The fourth-order valence-electron chi connectivity index (χ4n) is 3.94. The van der Waals surface area contributed by atoms with Gasteiger partial charge in [-0.1, -0.05) is 42.3 Å². The largest absolute Gasteiger partial charge is 0.342 e. The molecule has 7 heteroatoms. The highest BCUT2D eigenvalue weighted by molar-refractivity contribution is 7.99. The van der Waals surface area contributed by atoms with E-state index in [1.807, 2.05) is 4.90 Å². The van der Waals surface area contributed by atoms with Crippen LogP contribution in [0, 0.1) is 6.92 Å². The van der Waals surface area contributed by atoms with Crippen molar-refractivity contribution in [2.24, 2.45) is 0 Å². The molecule has 6 nitrogen and oxygen atoms in total. The van der Waals surface area contributed by atoms with E-state index in [-0.39, 0.29) is 5.91 Å². The van der Waals surface area contributed by atoms with Gasteiger partial charge in [-0.3, -0.25) is 9.36 Å². The van der Waals surface area contributed by atoms with Crippen molar-refractivity contribution in [3.8, 4) is 5.69 Å². The van der Waals surface area contributed by atoms with Gasteiger partial charge >= 0.3 is 0 Å². The van der Waals surface area contributed by atoms with Gasteiger partial charge in [-0.15, -0.1) is 10.2 Å². The number of aromatic nitrogens is 3. The van der Waals surface area contributed by atoms with Gasteiger partial charge in [0, 0.05) is 26.2 Å². The lowest BCUT2D eigenvalue weighted by Gasteiger charge is -2.20. The summed E-state index contributed by atoms with van der Waals surface area (Å²) < 4.78 is 2.12. The van der Waals surface area contributed by atoms with Crippen LogP contribution in [0.5, 0.6) is 0 Å². The van der Waals surface area contributed by atoms with Gasteiger partial charge in [0.05, 0.1) is 11.4 Å². The summed E-state index contributed by atoms with van der Waals surface area (Å²) >= 11 is 1.51. The van der Waals surface area contributed by atoms with E-state index < -0.39 is 0 Å². The third-order valence-electron chi connectivity index (χ3n) is 5.58. The third-order valence-corrected chi connectivity index (χ3v) is 6.49. The monoisotopic (exact) mass is 399 g/mol. The molecule has 150 valence electrons. The number of thioether (sulfide) groups is 1. The summed E-state index contributed by atoms with van der Waals surface area (Å²) in [7, 11) is 0. The number of rotatable bonds is 5. The van der Waals surface area contributed by atoms with Gasteiger partial charge < -0.3 is 9.80 Å². The maximum Gasteiger partial charge on any atom is 0.233 e. The van der Waals surface area contributed by atoms with Crippen molar-refractivity contribution in [2.45, 2.75) is 50.6 Å². The van der Waals surface area contributed by atoms with E-state index in [1.165, 1.54) is 43.0 Å². The fourth-order valence-corrected chi connectivity index (χ4v) is 4.78. The molecule has 1 aromatic carbocycles. The molecule has 0 N–H and O–H groups in total. The van der Waals surface area contributed by atoms with Crippen molar-refractivity contribution >= 4 is 23.6 Å². The molecule has 4 rings (SSSR count). The molecule has 0 aliphatic carbocycles. The van der Waals surface area contributed by atoms with Crippen LogP contribution in [0.1, 0.15) is 44.1 Å². The van der Waals surface area contributed by atoms with Crippen LogP contribution in [0.15, 0.2) is 29.4 Å². The van der Waals surface area contributed by atoms with Crippen LogP contribution >= 0.6 is 11.8 Å². The van der Waals surface area contributed by atoms with E-state index >= 15 is 0 Å². The zero-order valence-corrected chi connectivity index (χ0v) is 17.5. The summed E-state index contributed by atoms with van der Waals surface area (Å²) in [6.45, 7) is 5.90. The van der Waals surface area contributed by atoms with Gasteiger partial charge in [-0.2, -0.15) is 0 Å². The van der Waals surface area contributed by atoms with Crippen LogP contribution in [0.3, 0.4) is 0 Å². The normalized spacial score (nSPS) is 17.8. The number of amides is 1. The Hall–Kier alpha value is -2.02. The standard InChI is InChI=1S/C21H29N5OS/c1-17-8-10-18(11-9-17)26-20(25-14-6-7-15-25)22-23-21(26)28-16-19(27)24-12-4-2-3-5-13-24/h8-11H,2-7,12-16H2,1H3. The SMILES string of the molecule is Cc1ccc(-n2c(SCC(=O)N3CCCCCC3)nnc2N2CCCC2)cc1. The molecule has 0 saturated carbocycles. The van der Waals surface area contributed by atoms with Crippen molar-refractivity contribution in [1.82, 2.24) is 19.7 Å². The molecule has 0 spiro atoms. The van der Waals surface area contributed by atoms with E-state index in [0.717, 1.165) is 55.8 Å². The Labute approximate surface area is 171 Å². The van der Waals surface area contributed by atoms with Gasteiger partial charge in [0.15, 0.2) is 5.16 Å². The Kier molecular flexibility index (Phi) is 6.20.